The lowest BCUT2D eigenvalue weighted by Crippen LogP contribution is -2.30. The number of carbonyl (C=O) groups is 2. The van der Waals surface area contributed by atoms with Crippen LogP contribution in [-0.2, 0) is 9.59 Å². The number of amides is 1. The van der Waals surface area contributed by atoms with Crippen molar-refractivity contribution in [1.29, 1.82) is 0 Å². The van der Waals surface area contributed by atoms with E-state index in [0.717, 1.165) is 6.54 Å². The highest BCUT2D eigenvalue weighted by Gasteiger charge is 2.11. The molecule has 0 fully saturated rings. The van der Waals surface area contributed by atoms with Crippen molar-refractivity contribution >= 4 is 17.6 Å². The van der Waals surface area contributed by atoms with Crippen molar-refractivity contribution in [2.75, 3.05) is 18.5 Å². The van der Waals surface area contributed by atoms with Crippen molar-refractivity contribution in [3.63, 3.8) is 0 Å². The zero-order valence-electron chi connectivity index (χ0n) is 11.7. The first-order valence-corrected chi connectivity index (χ1v) is 6.49. The van der Waals surface area contributed by atoms with E-state index in [1.165, 1.54) is 0 Å². The fraction of sp³-hybridized carbons (Fsp3) is 0.429. The van der Waals surface area contributed by atoms with E-state index in [4.69, 9.17) is 9.84 Å². The molecule has 1 aromatic carbocycles. The van der Waals surface area contributed by atoms with Gasteiger partial charge < -0.3 is 20.5 Å². The minimum atomic E-state index is -1.06. The normalized spacial score (nSPS) is 11.7. The molecular formula is C14H20N2O4. The monoisotopic (exact) mass is 280 g/mol. The number of anilines is 1. The Morgan fingerprint density at radius 1 is 1.35 bits per heavy atom. The van der Waals surface area contributed by atoms with Gasteiger partial charge in [0.25, 0.3) is 0 Å². The molecule has 1 rings (SSSR count). The molecule has 1 amide bonds. The fourth-order valence-corrected chi connectivity index (χ4v) is 1.74. The number of para-hydroxylation sites is 2. The first kappa shape index (κ1) is 16.0. The van der Waals surface area contributed by atoms with E-state index in [-0.39, 0.29) is 11.9 Å². The Labute approximate surface area is 118 Å². The van der Waals surface area contributed by atoms with Crippen molar-refractivity contribution < 1.29 is 19.4 Å². The number of carboxylic acids is 1. The number of hydrogen-bond acceptors (Lipinski definition) is 4. The number of carbonyl (C=O) groups excluding carboxylic acids is 1. The molecule has 20 heavy (non-hydrogen) atoms. The van der Waals surface area contributed by atoms with Gasteiger partial charge in [0.2, 0.25) is 5.91 Å². The quantitative estimate of drug-likeness (QED) is 0.671. The predicted molar refractivity (Wildman–Crippen MR) is 76.0 cm³/mol. The van der Waals surface area contributed by atoms with Gasteiger partial charge in [-0.05, 0) is 25.6 Å². The summed E-state index contributed by atoms with van der Waals surface area (Å²) in [4.78, 5) is 22.4. The Balaban J connectivity index is 2.62. The summed E-state index contributed by atoms with van der Waals surface area (Å²) in [6.45, 7) is 4.26. The molecule has 0 bridgehead atoms. The molecule has 1 aromatic rings. The largest absolute Gasteiger partial charge is 0.480 e. The number of rotatable bonds is 8. The van der Waals surface area contributed by atoms with Crippen molar-refractivity contribution in [2.24, 2.45) is 0 Å². The summed E-state index contributed by atoms with van der Waals surface area (Å²) in [7, 11) is 0. The predicted octanol–water partition coefficient (Wildman–Crippen LogP) is 1.48. The summed E-state index contributed by atoms with van der Waals surface area (Å²) in [6, 6.07) is 6.83. The second-order valence-electron chi connectivity index (χ2n) is 4.39. The molecule has 0 aliphatic carbocycles. The summed E-state index contributed by atoms with van der Waals surface area (Å²) in [5, 5.41) is 14.5. The number of hydrogen-bond donors (Lipinski definition) is 3. The van der Waals surface area contributed by atoms with E-state index in [1.807, 2.05) is 13.8 Å². The summed E-state index contributed by atoms with van der Waals surface area (Å²) >= 11 is 0. The van der Waals surface area contributed by atoms with Gasteiger partial charge in [-0.25, -0.2) is 4.79 Å². The SMILES string of the molecule is CCNC(C)CC(=O)Nc1ccccc1OCC(=O)O. The summed E-state index contributed by atoms with van der Waals surface area (Å²) in [5.41, 5.74) is 0.474. The van der Waals surface area contributed by atoms with Gasteiger partial charge in [0.1, 0.15) is 5.75 Å². The third kappa shape index (κ3) is 5.71. The van der Waals surface area contributed by atoms with Gasteiger partial charge in [-0.2, -0.15) is 0 Å². The van der Waals surface area contributed by atoms with Crippen LogP contribution >= 0.6 is 0 Å². The molecule has 0 aromatic heterocycles. The maximum atomic E-state index is 11.9. The minimum Gasteiger partial charge on any atom is -0.480 e. The average molecular weight is 280 g/mol. The van der Waals surface area contributed by atoms with Crippen molar-refractivity contribution in [2.45, 2.75) is 26.3 Å². The molecule has 0 aliphatic heterocycles. The van der Waals surface area contributed by atoms with Crippen LogP contribution in [0, 0.1) is 0 Å². The van der Waals surface area contributed by atoms with Crippen LogP contribution in [0.2, 0.25) is 0 Å². The third-order valence-electron chi connectivity index (χ3n) is 2.56. The third-order valence-corrected chi connectivity index (χ3v) is 2.56. The molecule has 1 unspecified atom stereocenters. The van der Waals surface area contributed by atoms with Gasteiger partial charge in [-0.3, -0.25) is 4.79 Å². The van der Waals surface area contributed by atoms with E-state index in [9.17, 15) is 9.59 Å². The molecule has 6 nitrogen and oxygen atoms in total. The smallest absolute Gasteiger partial charge is 0.341 e. The highest BCUT2D eigenvalue weighted by molar-refractivity contribution is 5.92. The van der Waals surface area contributed by atoms with E-state index < -0.39 is 12.6 Å². The van der Waals surface area contributed by atoms with E-state index in [0.29, 0.717) is 17.9 Å². The lowest BCUT2D eigenvalue weighted by atomic mass is 10.2. The Morgan fingerprint density at radius 3 is 2.70 bits per heavy atom. The van der Waals surface area contributed by atoms with E-state index >= 15 is 0 Å². The van der Waals surface area contributed by atoms with Crippen LogP contribution in [-0.4, -0.2) is 36.2 Å². The maximum Gasteiger partial charge on any atom is 0.341 e. The van der Waals surface area contributed by atoms with E-state index in [1.54, 1.807) is 24.3 Å². The molecule has 3 N–H and O–H groups in total. The maximum absolute atomic E-state index is 11.9. The van der Waals surface area contributed by atoms with Crippen molar-refractivity contribution in [3.8, 4) is 5.75 Å². The van der Waals surface area contributed by atoms with Crippen LogP contribution in [0.25, 0.3) is 0 Å². The summed E-state index contributed by atoms with van der Waals surface area (Å²) in [6.07, 6.45) is 0.334. The highest BCUT2D eigenvalue weighted by atomic mass is 16.5. The van der Waals surface area contributed by atoms with Crippen LogP contribution in [0.4, 0.5) is 5.69 Å². The van der Waals surface area contributed by atoms with Crippen molar-refractivity contribution in [1.82, 2.24) is 5.32 Å². The number of benzene rings is 1. The van der Waals surface area contributed by atoms with Crippen LogP contribution < -0.4 is 15.4 Å². The van der Waals surface area contributed by atoms with Gasteiger partial charge in [-0.1, -0.05) is 19.1 Å². The van der Waals surface area contributed by atoms with Crippen LogP contribution in [0.1, 0.15) is 20.3 Å². The first-order chi connectivity index (χ1) is 9.52. The van der Waals surface area contributed by atoms with Gasteiger partial charge in [0.05, 0.1) is 5.69 Å². The molecule has 1 atom stereocenters. The molecule has 0 saturated heterocycles. The first-order valence-electron chi connectivity index (χ1n) is 6.49. The average Bonchev–Trinajstić information content (AvgIpc) is 2.37. The standard InChI is InChI=1S/C14H20N2O4/c1-3-15-10(2)8-13(17)16-11-6-4-5-7-12(11)20-9-14(18)19/h4-7,10,15H,3,8-9H2,1-2H3,(H,16,17)(H,18,19). The van der Waals surface area contributed by atoms with Crippen LogP contribution in [0.15, 0.2) is 24.3 Å². The second kappa shape index (κ2) is 8.16. The van der Waals surface area contributed by atoms with Gasteiger partial charge >= 0.3 is 5.97 Å². The molecule has 0 aliphatic rings. The Bertz CT molecular complexity index is 462. The Morgan fingerprint density at radius 2 is 2.05 bits per heavy atom. The number of nitrogens with one attached hydrogen (secondary N) is 2. The van der Waals surface area contributed by atoms with Gasteiger partial charge in [0, 0.05) is 12.5 Å². The molecule has 0 saturated carbocycles. The molecule has 0 radical (unpaired) electrons. The molecular weight excluding hydrogens is 260 g/mol. The number of carboxylic acid groups (broad SMARTS) is 1. The highest BCUT2D eigenvalue weighted by Crippen LogP contribution is 2.23. The van der Waals surface area contributed by atoms with Crippen molar-refractivity contribution in [3.05, 3.63) is 24.3 Å². The minimum absolute atomic E-state index is 0.0760. The second-order valence-corrected chi connectivity index (χ2v) is 4.39. The lowest BCUT2D eigenvalue weighted by Gasteiger charge is -2.14. The summed E-state index contributed by atoms with van der Waals surface area (Å²) < 4.78 is 5.12. The zero-order valence-corrected chi connectivity index (χ0v) is 11.7. The molecule has 110 valence electrons. The number of aliphatic carboxylic acids is 1. The van der Waals surface area contributed by atoms with Gasteiger partial charge in [0.15, 0.2) is 6.61 Å². The molecule has 0 heterocycles. The van der Waals surface area contributed by atoms with Crippen LogP contribution in [0.3, 0.4) is 0 Å². The Hall–Kier alpha value is -2.08. The van der Waals surface area contributed by atoms with Gasteiger partial charge in [-0.15, -0.1) is 0 Å². The topological polar surface area (TPSA) is 87.7 Å². The van der Waals surface area contributed by atoms with Crippen LogP contribution in [0.5, 0.6) is 5.75 Å². The molecule has 0 spiro atoms. The van der Waals surface area contributed by atoms with E-state index in [2.05, 4.69) is 10.6 Å². The Kier molecular flexibility index (Phi) is 6.52. The zero-order chi connectivity index (χ0) is 15.0. The summed E-state index contributed by atoms with van der Waals surface area (Å²) in [5.74, 6) is -0.865. The lowest BCUT2D eigenvalue weighted by molar-refractivity contribution is -0.139. The number of ether oxygens (including phenoxy) is 1. The fourth-order valence-electron chi connectivity index (χ4n) is 1.74. The molecule has 6 heteroatoms.